The van der Waals surface area contributed by atoms with Crippen LogP contribution < -0.4 is 22.3 Å². The Kier molecular flexibility index (Phi) is 6.99. The maximum absolute atomic E-state index is 12.4. The first-order valence-electron chi connectivity index (χ1n) is 8.72. The maximum atomic E-state index is 12.4. The molecule has 0 heterocycles. The summed E-state index contributed by atoms with van der Waals surface area (Å²) in [6, 6.07) is 12.5. The first-order chi connectivity index (χ1) is 13.7. The minimum absolute atomic E-state index is 0.323. The van der Waals surface area contributed by atoms with E-state index in [1.165, 1.54) is 5.48 Å². The lowest BCUT2D eigenvalue weighted by atomic mass is 9.95. The average Bonchev–Trinajstić information content (AvgIpc) is 2.69. The van der Waals surface area contributed by atoms with Gasteiger partial charge in [0, 0.05) is 27.9 Å². The van der Waals surface area contributed by atoms with Crippen LogP contribution in [0.4, 0.5) is 5.69 Å². The third-order valence-electron chi connectivity index (χ3n) is 3.93. The highest BCUT2D eigenvalue weighted by atomic mass is 16.5. The van der Waals surface area contributed by atoms with Crippen molar-refractivity contribution in [3.8, 4) is 23.7 Å². The van der Waals surface area contributed by atoms with E-state index in [0.717, 1.165) is 5.56 Å². The number of rotatable bonds is 4. The van der Waals surface area contributed by atoms with Gasteiger partial charge in [0.2, 0.25) is 0 Å². The van der Waals surface area contributed by atoms with Gasteiger partial charge in [-0.15, -0.1) is 0 Å². The molecule has 2 aromatic carbocycles. The summed E-state index contributed by atoms with van der Waals surface area (Å²) in [5, 5.41) is 11.4. The van der Waals surface area contributed by atoms with E-state index in [9.17, 15) is 9.59 Å². The number of hydrogen-bond donors (Lipinski definition) is 5. The Bertz CT molecular complexity index is 999. The van der Waals surface area contributed by atoms with Crippen LogP contribution in [0, 0.1) is 23.7 Å². The van der Waals surface area contributed by atoms with Crippen molar-refractivity contribution in [3.63, 3.8) is 0 Å². The molecule has 7 N–H and O–H groups in total. The van der Waals surface area contributed by atoms with E-state index < -0.39 is 23.4 Å². The second kappa shape index (κ2) is 9.43. The second-order valence-electron chi connectivity index (χ2n) is 6.90. The van der Waals surface area contributed by atoms with E-state index in [2.05, 4.69) is 29.0 Å². The van der Waals surface area contributed by atoms with Crippen LogP contribution >= 0.6 is 0 Å². The lowest BCUT2D eigenvalue weighted by Crippen LogP contribution is -2.61. The number of hydrogen-bond acceptors (Lipinski definition) is 5. The summed E-state index contributed by atoms with van der Waals surface area (Å²) in [5.74, 6) is 10.0. The molecule has 0 saturated heterocycles. The lowest BCUT2D eigenvalue weighted by Gasteiger charge is -2.29. The molecule has 2 aromatic rings. The van der Waals surface area contributed by atoms with Gasteiger partial charge in [0.15, 0.2) is 0 Å². The van der Waals surface area contributed by atoms with E-state index in [1.54, 1.807) is 50.2 Å². The smallest absolute Gasteiger partial charge is 0.267 e. The molecule has 2 rings (SSSR count). The molecule has 1 atom stereocenters. The highest BCUT2D eigenvalue weighted by Gasteiger charge is 2.33. The van der Waals surface area contributed by atoms with Crippen LogP contribution in [-0.4, -0.2) is 28.6 Å². The minimum atomic E-state index is -1.11. The molecule has 7 heteroatoms. The molecule has 1 unspecified atom stereocenters. The van der Waals surface area contributed by atoms with Gasteiger partial charge in [-0.2, -0.15) is 0 Å². The Morgan fingerprint density at radius 2 is 1.45 bits per heavy atom. The fourth-order valence-corrected chi connectivity index (χ4v) is 2.35. The molecule has 0 saturated carbocycles. The molecule has 29 heavy (non-hydrogen) atoms. The van der Waals surface area contributed by atoms with E-state index >= 15 is 0 Å². The fourth-order valence-electron chi connectivity index (χ4n) is 2.35. The van der Waals surface area contributed by atoms with Gasteiger partial charge in [-0.3, -0.25) is 14.8 Å². The van der Waals surface area contributed by atoms with Gasteiger partial charge >= 0.3 is 0 Å². The number of carbonyl (C=O) groups is 2. The topological polar surface area (TPSA) is 130 Å². The van der Waals surface area contributed by atoms with Crippen LogP contribution in [0.1, 0.15) is 35.3 Å². The molecule has 0 fully saturated rings. The highest BCUT2D eigenvalue weighted by Crippen LogP contribution is 2.09. The maximum Gasteiger partial charge on any atom is 0.267 e. The molecule has 0 aliphatic heterocycles. The fraction of sp³-hybridized carbons (Fsp3) is 0.182. The quantitative estimate of drug-likeness (QED) is 0.230. The molecular formula is C22H22N4O3. The van der Waals surface area contributed by atoms with Gasteiger partial charge in [0.25, 0.3) is 11.8 Å². The van der Waals surface area contributed by atoms with Gasteiger partial charge in [-0.1, -0.05) is 11.8 Å². The predicted molar refractivity (Wildman–Crippen MR) is 111 cm³/mol. The third-order valence-corrected chi connectivity index (χ3v) is 3.93. The lowest BCUT2D eigenvalue weighted by molar-refractivity contribution is -0.132. The molecule has 2 amide bonds. The monoisotopic (exact) mass is 390 g/mol. The molecule has 0 spiro atoms. The molecule has 0 bridgehead atoms. The van der Waals surface area contributed by atoms with Crippen molar-refractivity contribution < 1.29 is 14.8 Å². The molecule has 0 radical (unpaired) electrons. The SMILES string of the molecule is CC(C)(N)C(NC(=O)c1ccc(C#CC#Cc2ccc(N)cc2)cc1)C(=O)NO. The van der Waals surface area contributed by atoms with E-state index in [1.807, 2.05) is 12.1 Å². The van der Waals surface area contributed by atoms with Crippen molar-refractivity contribution in [1.29, 1.82) is 0 Å². The summed E-state index contributed by atoms with van der Waals surface area (Å²) >= 11 is 0. The summed E-state index contributed by atoms with van der Waals surface area (Å²) in [7, 11) is 0. The van der Waals surface area contributed by atoms with E-state index in [0.29, 0.717) is 16.8 Å². The first-order valence-corrected chi connectivity index (χ1v) is 8.72. The Hall–Kier alpha value is -3.78. The second-order valence-corrected chi connectivity index (χ2v) is 6.90. The van der Waals surface area contributed by atoms with Crippen LogP contribution in [0.2, 0.25) is 0 Å². The molecule has 7 nitrogen and oxygen atoms in total. The van der Waals surface area contributed by atoms with Crippen molar-refractivity contribution in [2.45, 2.75) is 25.4 Å². The minimum Gasteiger partial charge on any atom is -0.399 e. The van der Waals surface area contributed by atoms with Gasteiger partial charge in [-0.25, -0.2) is 5.48 Å². The zero-order valence-electron chi connectivity index (χ0n) is 16.1. The average molecular weight is 390 g/mol. The summed E-state index contributed by atoms with van der Waals surface area (Å²) in [4.78, 5) is 24.1. The van der Waals surface area contributed by atoms with Crippen LogP contribution in [0.5, 0.6) is 0 Å². The molecular weight excluding hydrogens is 368 g/mol. The number of hydroxylamine groups is 1. The third kappa shape index (κ3) is 6.40. The van der Waals surface area contributed by atoms with Gasteiger partial charge in [0.05, 0.1) is 0 Å². The zero-order chi connectivity index (χ0) is 21.4. The molecule has 0 aliphatic rings. The van der Waals surface area contributed by atoms with Crippen LogP contribution in [0.25, 0.3) is 0 Å². The number of benzene rings is 2. The Morgan fingerprint density at radius 1 is 0.966 bits per heavy atom. The molecule has 0 aromatic heterocycles. The Morgan fingerprint density at radius 3 is 1.90 bits per heavy atom. The van der Waals surface area contributed by atoms with E-state index in [4.69, 9.17) is 16.7 Å². The number of carbonyl (C=O) groups excluding carboxylic acids is 2. The summed E-state index contributed by atoms with van der Waals surface area (Å²) < 4.78 is 0. The number of amides is 2. The van der Waals surface area contributed by atoms with Crippen molar-refractivity contribution >= 4 is 17.5 Å². The number of nitrogens with one attached hydrogen (secondary N) is 2. The normalized spacial score (nSPS) is 11.2. The molecule has 148 valence electrons. The van der Waals surface area contributed by atoms with Crippen LogP contribution in [0.3, 0.4) is 0 Å². The van der Waals surface area contributed by atoms with Gasteiger partial charge < -0.3 is 16.8 Å². The zero-order valence-corrected chi connectivity index (χ0v) is 16.1. The summed E-state index contributed by atoms with van der Waals surface area (Å²) in [6.45, 7) is 3.13. The van der Waals surface area contributed by atoms with Crippen molar-refractivity contribution in [2.24, 2.45) is 5.73 Å². The standard InChI is InChI=1S/C22H22N4O3/c1-22(2,24)19(21(28)26-29)25-20(27)17-11-7-15(8-12-17)5-3-4-6-16-9-13-18(23)14-10-16/h7-14,19,29H,23-24H2,1-2H3,(H,25,27)(H,26,28). The Labute approximate surface area is 169 Å². The van der Waals surface area contributed by atoms with Crippen molar-refractivity contribution in [1.82, 2.24) is 10.8 Å². The largest absolute Gasteiger partial charge is 0.399 e. The first kappa shape index (κ1) is 21.5. The summed E-state index contributed by atoms with van der Waals surface area (Å²) in [5.41, 5.74) is 14.4. The van der Waals surface area contributed by atoms with Crippen molar-refractivity contribution in [2.75, 3.05) is 5.73 Å². The highest BCUT2D eigenvalue weighted by molar-refractivity contribution is 5.97. The number of anilines is 1. The van der Waals surface area contributed by atoms with Crippen LogP contribution in [0.15, 0.2) is 48.5 Å². The van der Waals surface area contributed by atoms with Crippen molar-refractivity contribution in [3.05, 3.63) is 65.2 Å². The summed E-state index contributed by atoms with van der Waals surface area (Å²) in [6.07, 6.45) is 0. The van der Waals surface area contributed by atoms with Gasteiger partial charge in [-0.05, 0) is 74.2 Å². The number of nitrogen functional groups attached to an aromatic ring is 1. The van der Waals surface area contributed by atoms with E-state index in [-0.39, 0.29) is 0 Å². The number of nitrogens with two attached hydrogens (primary N) is 2. The van der Waals surface area contributed by atoms with Gasteiger partial charge in [0.1, 0.15) is 6.04 Å². The molecule has 0 aliphatic carbocycles. The van der Waals surface area contributed by atoms with Crippen LogP contribution in [-0.2, 0) is 4.79 Å². The predicted octanol–water partition coefficient (Wildman–Crippen LogP) is 1.01. The Balaban J connectivity index is 2.06.